The molecule has 0 spiro atoms. The minimum atomic E-state index is -0.177. The number of rotatable bonds is 4. The van der Waals surface area contributed by atoms with Crippen LogP contribution in [0.3, 0.4) is 0 Å². The van der Waals surface area contributed by atoms with Crippen molar-refractivity contribution in [1.29, 1.82) is 0 Å². The monoisotopic (exact) mass is 287 g/mol. The van der Waals surface area contributed by atoms with Gasteiger partial charge in [0.1, 0.15) is 0 Å². The Morgan fingerprint density at radius 1 is 1.33 bits per heavy atom. The zero-order valence-corrected chi connectivity index (χ0v) is 13.7. The molecule has 1 amide bonds. The smallest absolute Gasteiger partial charge is 0.254 e. The summed E-state index contributed by atoms with van der Waals surface area (Å²) in [5, 5.41) is 8.77. The van der Waals surface area contributed by atoms with Crippen LogP contribution in [0.25, 0.3) is 0 Å². The second-order valence-electron chi connectivity index (χ2n) is 5.89. The van der Waals surface area contributed by atoms with Crippen molar-refractivity contribution in [3.05, 3.63) is 34.9 Å². The molecule has 1 aromatic rings. The molecule has 1 N–H and O–H groups in total. The van der Waals surface area contributed by atoms with E-state index in [9.17, 15) is 4.79 Å². The Morgan fingerprint density at radius 3 is 2.57 bits per heavy atom. The summed E-state index contributed by atoms with van der Waals surface area (Å²) in [6.07, 6.45) is 1.34. The highest BCUT2D eigenvalue weighted by Gasteiger charge is 2.26. The molecule has 0 aliphatic heterocycles. The summed E-state index contributed by atoms with van der Waals surface area (Å²) < 4.78 is 0. The summed E-state index contributed by atoms with van der Waals surface area (Å²) in [4.78, 5) is 14.4. The quantitative estimate of drug-likeness (QED) is 0.865. The van der Waals surface area contributed by atoms with Gasteiger partial charge < -0.3 is 10.0 Å². The molecule has 0 saturated carbocycles. The van der Waals surface area contributed by atoms with Crippen LogP contribution in [0.2, 0.25) is 0 Å². The highest BCUT2D eigenvalue weighted by Crippen LogP contribution is 2.20. The van der Waals surface area contributed by atoms with E-state index in [1.165, 1.54) is 0 Å². The highest BCUT2D eigenvalue weighted by atomic mass is 16.2. The molecule has 21 heavy (non-hydrogen) atoms. The number of hydrogen-bond donors (Lipinski definition) is 1. The Balaban J connectivity index is 3.09. The van der Waals surface area contributed by atoms with Crippen LogP contribution in [0.15, 0.2) is 18.2 Å². The molecule has 1 rings (SSSR count). The number of carbonyl (C=O) groups is 1. The van der Waals surface area contributed by atoms with Gasteiger partial charge in [-0.25, -0.2) is 0 Å². The van der Waals surface area contributed by atoms with Crippen molar-refractivity contribution in [3.8, 4) is 11.8 Å². The van der Waals surface area contributed by atoms with E-state index in [0.29, 0.717) is 12.0 Å². The average Bonchev–Trinajstić information content (AvgIpc) is 2.45. The first kappa shape index (κ1) is 17.3. The zero-order chi connectivity index (χ0) is 16.0. The lowest BCUT2D eigenvalue weighted by Gasteiger charge is -2.35. The van der Waals surface area contributed by atoms with Crippen molar-refractivity contribution in [2.75, 3.05) is 13.7 Å². The van der Waals surface area contributed by atoms with Gasteiger partial charge in [-0.1, -0.05) is 18.8 Å². The summed E-state index contributed by atoms with van der Waals surface area (Å²) in [6, 6.07) is 5.66. The summed E-state index contributed by atoms with van der Waals surface area (Å²) in [5.74, 6) is 5.89. The maximum absolute atomic E-state index is 12.6. The van der Waals surface area contributed by atoms with Crippen LogP contribution >= 0.6 is 0 Å². The molecule has 0 saturated heterocycles. The molecule has 0 aliphatic rings. The predicted octanol–water partition coefficient (Wildman–Crippen LogP) is 2.99. The van der Waals surface area contributed by atoms with Crippen molar-refractivity contribution in [2.45, 2.75) is 46.1 Å². The molecule has 0 unspecified atom stereocenters. The van der Waals surface area contributed by atoms with Crippen LogP contribution in [-0.4, -0.2) is 35.1 Å². The number of benzene rings is 1. The molecule has 0 radical (unpaired) electrons. The minimum absolute atomic E-state index is 0.00996. The van der Waals surface area contributed by atoms with Crippen LogP contribution < -0.4 is 0 Å². The van der Waals surface area contributed by atoms with Gasteiger partial charge in [0, 0.05) is 30.1 Å². The molecule has 3 nitrogen and oxygen atoms in total. The number of amides is 1. The third-order valence-corrected chi connectivity index (χ3v) is 3.87. The molecular weight excluding hydrogens is 262 g/mol. The summed E-state index contributed by atoms with van der Waals surface area (Å²) >= 11 is 0. The molecule has 0 atom stereocenters. The molecule has 0 aromatic heterocycles. The Hall–Kier alpha value is -1.79. The first-order valence-corrected chi connectivity index (χ1v) is 7.31. The largest absolute Gasteiger partial charge is 0.395 e. The zero-order valence-electron chi connectivity index (χ0n) is 13.7. The summed E-state index contributed by atoms with van der Waals surface area (Å²) in [7, 11) is 1.84. The molecule has 3 heteroatoms. The Morgan fingerprint density at radius 2 is 2.00 bits per heavy atom. The number of aliphatic hydroxyl groups is 1. The fraction of sp³-hybridized carbons (Fsp3) is 0.500. The molecule has 1 aromatic carbocycles. The summed E-state index contributed by atoms with van der Waals surface area (Å²) in [6.45, 7) is 8.20. The Bertz CT molecular complexity index is 564. The van der Waals surface area contributed by atoms with Crippen molar-refractivity contribution < 1.29 is 9.90 Å². The maximum Gasteiger partial charge on any atom is 0.254 e. The molecule has 0 aliphatic carbocycles. The van der Waals surface area contributed by atoms with Gasteiger partial charge in [-0.2, -0.15) is 0 Å². The predicted molar refractivity (Wildman–Crippen MR) is 86.2 cm³/mol. The molecule has 0 fully saturated rings. The van der Waals surface area contributed by atoms with E-state index in [-0.39, 0.29) is 18.1 Å². The Kier molecular flexibility index (Phi) is 5.99. The second kappa shape index (κ2) is 7.28. The van der Waals surface area contributed by atoms with Gasteiger partial charge in [0.25, 0.3) is 5.91 Å². The van der Waals surface area contributed by atoms with Crippen molar-refractivity contribution >= 4 is 5.91 Å². The van der Waals surface area contributed by atoms with Gasteiger partial charge in [0.2, 0.25) is 0 Å². The first-order valence-electron chi connectivity index (χ1n) is 7.31. The molecule has 0 heterocycles. The maximum atomic E-state index is 12.6. The van der Waals surface area contributed by atoms with Gasteiger partial charge in [0.05, 0.1) is 6.61 Å². The van der Waals surface area contributed by atoms with E-state index in [2.05, 4.69) is 32.6 Å². The first-order chi connectivity index (χ1) is 9.81. The SMILES string of the molecule is CCC(C)(C)N(C)C(=O)c1cc(C)cc(C#CCCO)c1. The minimum Gasteiger partial charge on any atom is -0.395 e. The number of aryl methyl sites for hydroxylation is 1. The Labute approximate surface area is 128 Å². The fourth-order valence-corrected chi connectivity index (χ4v) is 1.90. The van der Waals surface area contributed by atoms with E-state index in [4.69, 9.17) is 5.11 Å². The van der Waals surface area contributed by atoms with Crippen molar-refractivity contribution in [3.63, 3.8) is 0 Å². The van der Waals surface area contributed by atoms with Crippen molar-refractivity contribution in [2.24, 2.45) is 0 Å². The third kappa shape index (κ3) is 4.61. The van der Waals surface area contributed by atoms with E-state index >= 15 is 0 Å². The van der Waals surface area contributed by atoms with Gasteiger partial charge in [-0.05, 0) is 51.0 Å². The van der Waals surface area contributed by atoms with Crippen molar-refractivity contribution in [1.82, 2.24) is 4.90 Å². The molecule has 0 bridgehead atoms. The van der Waals surface area contributed by atoms with Gasteiger partial charge in [0.15, 0.2) is 0 Å². The van der Waals surface area contributed by atoms with E-state index < -0.39 is 0 Å². The number of hydrogen-bond acceptors (Lipinski definition) is 2. The lowest BCUT2D eigenvalue weighted by Crippen LogP contribution is -2.44. The van der Waals surface area contributed by atoms with E-state index in [1.54, 1.807) is 4.90 Å². The standard InChI is InChI=1S/C18H25NO2/c1-6-18(3,4)19(5)17(21)16-12-14(2)11-15(13-16)9-7-8-10-20/h11-13,20H,6,8,10H2,1-5H3. The fourth-order valence-electron chi connectivity index (χ4n) is 1.90. The van der Waals surface area contributed by atoms with Crippen LogP contribution in [0.4, 0.5) is 0 Å². The second-order valence-corrected chi connectivity index (χ2v) is 5.89. The lowest BCUT2D eigenvalue weighted by molar-refractivity contribution is 0.0620. The number of nitrogens with zero attached hydrogens (tertiary/aromatic N) is 1. The highest BCUT2D eigenvalue weighted by molar-refractivity contribution is 5.95. The number of aliphatic hydroxyl groups excluding tert-OH is 1. The molecular formula is C18H25NO2. The number of carbonyl (C=O) groups excluding carboxylic acids is 1. The average molecular weight is 287 g/mol. The molecule has 114 valence electrons. The van der Waals surface area contributed by atoms with E-state index in [1.807, 2.05) is 32.2 Å². The van der Waals surface area contributed by atoms with Gasteiger partial charge in [-0.15, -0.1) is 0 Å². The summed E-state index contributed by atoms with van der Waals surface area (Å²) in [5.41, 5.74) is 2.31. The van der Waals surface area contributed by atoms with Crippen LogP contribution in [-0.2, 0) is 0 Å². The van der Waals surface area contributed by atoms with Crippen LogP contribution in [0.1, 0.15) is 55.1 Å². The topological polar surface area (TPSA) is 40.5 Å². The lowest BCUT2D eigenvalue weighted by atomic mass is 9.98. The van der Waals surface area contributed by atoms with E-state index in [0.717, 1.165) is 17.5 Å². The normalized spacial score (nSPS) is 10.8. The van der Waals surface area contributed by atoms with Crippen LogP contribution in [0.5, 0.6) is 0 Å². The third-order valence-electron chi connectivity index (χ3n) is 3.87. The van der Waals surface area contributed by atoms with Crippen LogP contribution in [0, 0.1) is 18.8 Å². The van der Waals surface area contributed by atoms with Gasteiger partial charge >= 0.3 is 0 Å². The van der Waals surface area contributed by atoms with Gasteiger partial charge in [-0.3, -0.25) is 4.79 Å².